The van der Waals surface area contributed by atoms with Crippen molar-refractivity contribution in [1.29, 1.82) is 5.41 Å². The fourth-order valence-electron chi connectivity index (χ4n) is 2.77. The molecule has 0 amide bonds. The molecule has 1 aliphatic carbocycles. The minimum absolute atomic E-state index is 0.299. The summed E-state index contributed by atoms with van der Waals surface area (Å²) < 4.78 is 5.66. The van der Waals surface area contributed by atoms with Gasteiger partial charge in [0.15, 0.2) is 11.1 Å². The van der Waals surface area contributed by atoms with Crippen LogP contribution in [-0.2, 0) is 4.74 Å². The molecule has 0 atom stereocenters. The lowest BCUT2D eigenvalue weighted by Gasteiger charge is -2.27. The lowest BCUT2D eigenvalue weighted by Crippen LogP contribution is -2.50. The Bertz CT molecular complexity index is 361. The van der Waals surface area contributed by atoms with Gasteiger partial charge in [-0.05, 0) is 44.3 Å². The molecule has 5 nitrogen and oxygen atoms in total. The van der Waals surface area contributed by atoms with E-state index in [4.69, 9.17) is 22.4 Å². The first-order valence-electron chi connectivity index (χ1n) is 10.2. The number of rotatable bonds is 14. The molecule has 0 unspecified atom stereocenters. The van der Waals surface area contributed by atoms with Gasteiger partial charge >= 0.3 is 0 Å². The van der Waals surface area contributed by atoms with Gasteiger partial charge in [-0.2, -0.15) is 0 Å². The van der Waals surface area contributed by atoms with Crippen molar-refractivity contribution in [3.8, 4) is 0 Å². The van der Waals surface area contributed by atoms with Gasteiger partial charge in [-0.3, -0.25) is 5.41 Å². The third-order valence-corrected chi connectivity index (χ3v) is 4.83. The normalized spacial score (nSPS) is 14.0. The van der Waals surface area contributed by atoms with Crippen LogP contribution in [0.3, 0.4) is 0 Å². The van der Waals surface area contributed by atoms with Crippen molar-refractivity contribution in [2.45, 2.75) is 90.0 Å². The monoisotopic (exact) mass is 370 g/mol. The summed E-state index contributed by atoms with van der Waals surface area (Å²) in [5.74, 6) is 0.299. The maximum atomic E-state index is 7.79. The lowest BCUT2D eigenvalue weighted by atomic mass is 9.93. The summed E-state index contributed by atoms with van der Waals surface area (Å²) in [5.41, 5.74) is 0. The molecule has 0 aliphatic heterocycles. The summed E-state index contributed by atoms with van der Waals surface area (Å²) in [7, 11) is 0. The van der Waals surface area contributed by atoms with Gasteiger partial charge in [-0.25, -0.2) is 0 Å². The molecule has 0 saturated heterocycles. The van der Waals surface area contributed by atoms with Crippen LogP contribution in [0.5, 0.6) is 0 Å². The lowest BCUT2D eigenvalue weighted by molar-refractivity contribution is 0.128. The number of thiocarbonyl (C=S) groups is 1. The standard InChI is InChI=1S/C19H38N4OS/c1-2-3-4-5-6-7-8-9-15-24-16-11-14-21-19(25)23-18(20)22-17-12-10-13-17/h17H,2-16H2,1H3,(H4,20,21,22,23,25). The van der Waals surface area contributed by atoms with Gasteiger partial charge in [-0.1, -0.05) is 51.9 Å². The second kappa shape index (κ2) is 15.4. The van der Waals surface area contributed by atoms with Crippen LogP contribution in [0, 0.1) is 5.41 Å². The van der Waals surface area contributed by atoms with Gasteiger partial charge in [0.1, 0.15) is 0 Å². The Kier molecular flexibility index (Phi) is 13.6. The topological polar surface area (TPSA) is 69.2 Å². The van der Waals surface area contributed by atoms with Crippen LogP contribution < -0.4 is 16.0 Å². The van der Waals surface area contributed by atoms with Crippen molar-refractivity contribution in [2.24, 2.45) is 0 Å². The van der Waals surface area contributed by atoms with E-state index in [1.807, 2.05) is 0 Å². The summed E-state index contributed by atoms with van der Waals surface area (Å²) in [6.07, 6.45) is 15.2. The fourth-order valence-corrected chi connectivity index (χ4v) is 2.97. The van der Waals surface area contributed by atoms with E-state index < -0.39 is 0 Å². The fraction of sp³-hybridized carbons (Fsp3) is 0.895. The van der Waals surface area contributed by atoms with E-state index in [1.165, 1.54) is 57.8 Å². The van der Waals surface area contributed by atoms with Crippen molar-refractivity contribution in [3.05, 3.63) is 0 Å². The molecule has 0 aromatic heterocycles. The maximum Gasteiger partial charge on any atom is 0.194 e. The SMILES string of the molecule is CCCCCCCCCCOCCCNC(=S)NC(=N)NC1CCC1. The summed E-state index contributed by atoms with van der Waals surface area (Å²) in [6.45, 7) is 4.67. The van der Waals surface area contributed by atoms with Crippen LogP contribution in [0.15, 0.2) is 0 Å². The summed E-state index contributed by atoms with van der Waals surface area (Å²) in [4.78, 5) is 0. The molecule has 6 heteroatoms. The minimum atomic E-state index is 0.299. The highest BCUT2D eigenvalue weighted by atomic mass is 32.1. The molecule has 25 heavy (non-hydrogen) atoms. The molecule has 1 aliphatic rings. The highest BCUT2D eigenvalue weighted by Crippen LogP contribution is 2.17. The highest BCUT2D eigenvalue weighted by Gasteiger charge is 2.17. The Hall–Kier alpha value is -0.880. The number of unbranched alkanes of at least 4 members (excludes halogenated alkanes) is 7. The quantitative estimate of drug-likeness (QED) is 0.161. The van der Waals surface area contributed by atoms with E-state index in [0.717, 1.165) is 39.0 Å². The van der Waals surface area contributed by atoms with Gasteiger partial charge in [-0.15, -0.1) is 0 Å². The predicted molar refractivity (Wildman–Crippen MR) is 110 cm³/mol. The largest absolute Gasteiger partial charge is 0.381 e. The molecule has 0 aromatic carbocycles. The highest BCUT2D eigenvalue weighted by molar-refractivity contribution is 7.80. The number of guanidine groups is 1. The molecular formula is C19H38N4OS. The van der Waals surface area contributed by atoms with Crippen LogP contribution in [0.25, 0.3) is 0 Å². The third kappa shape index (κ3) is 13.0. The first-order valence-corrected chi connectivity index (χ1v) is 10.6. The maximum absolute atomic E-state index is 7.79. The number of ether oxygens (including phenoxy) is 1. The average molecular weight is 371 g/mol. The Labute approximate surface area is 159 Å². The third-order valence-electron chi connectivity index (χ3n) is 4.59. The molecule has 0 bridgehead atoms. The van der Waals surface area contributed by atoms with Gasteiger partial charge in [0.05, 0.1) is 0 Å². The minimum Gasteiger partial charge on any atom is -0.381 e. The average Bonchev–Trinajstić information content (AvgIpc) is 2.55. The molecule has 0 heterocycles. The second-order valence-corrected chi connectivity index (χ2v) is 7.38. The molecule has 1 rings (SSSR count). The van der Waals surface area contributed by atoms with Crippen LogP contribution in [0.2, 0.25) is 0 Å². The molecular weight excluding hydrogens is 332 g/mol. The molecule has 146 valence electrons. The Morgan fingerprint density at radius 3 is 2.28 bits per heavy atom. The van der Waals surface area contributed by atoms with Gasteiger partial charge in [0.2, 0.25) is 0 Å². The van der Waals surface area contributed by atoms with Crippen LogP contribution in [0.1, 0.15) is 84.0 Å². The van der Waals surface area contributed by atoms with Crippen molar-refractivity contribution >= 4 is 23.3 Å². The molecule has 0 spiro atoms. The Balaban J connectivity index is 1.77. The van der Waals surface area contributed by atoms with Gasteiger partial charge < -0.3 is 20.7 Å². The van der Waals surface area contributed by atoms with Gasteiger partial charge in [0.25, 0.3) is 0 Å². The summed E-state index contributed by atoms with van der Waals surface area (Å²) in [5, 5.41) is 17.4. The summed E-state index contributed by atoms with van der Waals surface area (Å²) in [6, 6.07) is 0.451. The molecule has 4 N–H and O–H groups in total. The van der Waals surface area contributed by atoms with E-state index in [-0.39, 0.29) is 0 Å². The molecule has 1 fully saturated rings. The van der Waals surface area contributed by atoms with Crippen molar-refractivity contribution in [2.75, 3.05) is 19.8 Å². The number of nitrogens with one attached hydrogen (secondary N) is 4. The van der Waals surface area contributed by atoms with Crippen molar-refractivity contribution in [1.82, 2.24) is 16.0 Å². The molecule has 0 aromatic rings. The van der Waals surface area contributed by atoms with Crippen LogP contribution >= 0.6 is 12.2 Å². The Morgan fingerprint density at radius 2 is 1.64 bits per heavy atom. The number of hydrogen-bond acceptors (Lipinski definition) is 3. The van der Waals surface area contributed by atoms with Crippen molar-refractivity contribution < 1.29 is 4.74 Å². The molecule has 1 saturated carbocycles. The van der Waals surface area contributed by atoms with Gasteiger partial charge in [0, 0.05) is 25.8 Å². The summed E-state index contributed by atoms with van der Waals surface area (Å²) >= 11 is 5.18. The zero-order chi connectivity index (χ0) is 18.2. The Morgan fingerprint density at radius 1 is 1.00 bits per heavy atom. The van der Waals surface area contributed by atoms with Crippen LogP contribution in [0.4, 0.5) is 0 Å². The van der Waals surface area contributed by atoms with Crippen molar-refractivity contribution in [3.63, 3.8) is 0 Å². The van der Waals surface area contributed by atoms with E-state index in [9.17, 15) is 0 Å². The first-order chi connectivity index (χ1) is 12.2. The van der Waals surface area contributed by atoms with E-state index in [2.05, 4.69) is 22.9 Å². The van der Waals surface area contributed by atoms with E-state index >= 15 is 0 Å². The van der Waals surface area contributed by atoms with E-state index in [1.54, 1.807) is 0 Å². The smallest absolute Gasteiger partial charge is 0.194 e. The number of hydrogen-bond donors (Lipinski definition) is 4. The van der Waals surface area contributed by atoms with E-state index in [0.29, 0.717) is 17.1 Å². The van der Waals surface area contributed by atoms with Crippen LogP contribution in [-0.4, -0.2) is 36.9 Å². The first kappa shape index (κ1) is 22.2. The zero-order valence-electron chi connectivity index (χ0n) is 16.0. The zero-order valence-corrected chi connectivity index (χ0v) is 16.8. The predicted octanol–water partition coefficient (Wildman–Crippen LogP) is 4.07. The second-order valence-electron chi connectivity index (χ2n) is 6.97. The molecule has 0 radical (unpaired) electrons.